The first-order valence-corrected chi connectivity index (χ1v) is 6.03. The number of rotatable bonds is 2. The standard InChI is InChI=1S/C15H15F3N2/c1-20(2)14-5-3-10(4-6-14)11-7-12(15(16,17)18)9-13(19)8-11/h3-9H,19H2,1-2H3. The number of nitrogens with zero attached hydrogens (tertiary/aromatic N) is 1. The van der Waals surface area contributed by atoms with Gasteiger partial charge in [0.1, 0.15) is 0 Å². The summed E-state index contributed by atoms with van der Waals surface area (Å²) < 4.78 is 38.3. The number of benzene rings is 2. The first kappa shape index (κ1) is 14.2. The summed E-state index contributed by atoms with van der Waals surface area (Å²) in [4.78, 5) is 1.92. The van der Waals surface area contributed by atoms with Crippen LogP contribution in [-0.4, -0.2) is 14.1 Å². The largest absolute Gasteiger partial charge is 0.416 e. The molecule has 2 rings (SSSR count). The summed E-state index contributed by atoms with van der Waals surface area (Å²) in [7, 11) is 3.80. The minimum atomic E-state index is -4.40. The highest BCUT2D eigenvalue weighted by Gasteiger charge is 2.31. The predicted molar refractivity (Wildman–Crippen MR) is 75.6 cm³/mol. The van der Waals surface area contributed by atoms with Crippen LogP contribution in [0.25, 0.3) is 11.1 Å². The molecule has 0 aromatic heterocycles. The number of alkyl halides is 3. The highest BCUT2D eigenvalue weighted by Crippen LogP contribution is 2.34. The van der Waals surface area contributed by atoms with Gasteiger partial charge in [-0.15, -0.1) is 0 Å². The Kier molecular flexibility index (Phi) is 3.61. The van der Waals surface area contributed by atoms with Gasteiger partial charge in [0.15, 0.2) is 0 Å². The van der Waals surface area contributed by atoms with Gasteiger partial charge in [0.25, 0.3) is 0 Å². The van der Waals surface area contributed by atoms with E-state index in [2.05, 4.69) is 0 Å². The van der Waals surface area contributed by atoms with Crippen LogP contribution in [0.15, 0.2) is 42.5 Å². The minimum absolute atomic E-state index is 0.103. The van der Waals surface area contributed by atoms with Crippen LogP contribution < -0.4 is 10.6 Å². The molecule has 0 unspecified atom stereocenters. The highest BCUT2D eigenvalue weighted by atomic mass is 19.4. The average molecular weight is 280 g/mol. The Labute approximate surface area is 115 Å². The Balaban J connectivity index is 2.44. The normalized spacial score (nSPS) is 11.4. The summed E-state index contributed by atoms with van der Waals surface area (Å²) >= 11 is 0. The summed E-state index contributed by atoms with van der Waals surface area (Å²) in [6.45, 7) is 0. The third kappa shape index (κ3) is 3.04. The van der Waals surface area contributed by atoms with Gasteiger partial charge in [-0.05, 0) is 41.5 Å². The van der Waals surface area contributed by atoms with Crippen LogP contribution in [0.2, 0.25) is 0 Å². The van der Waals surface area contributed by atoms with Gasteiger partial charge < -0.3 is 10.6 Å². The first-order chi connectivity index (χ1) is 9.27. The van der Waals surface area contributed by atoms with Gasteiger partial charge in [0.05, 0.1) is 5.56 Å². The van der Waals surface area contributed by atoms with E-state index in [-0.39, 0.29) is 5.69 Å². The number of halogens is 3. The third-order valence-corrected chi connectivity index (χ3v) is 3.00. The smallest absolute Gasteiger partial charge is 0.399 e. The van der Waals surface area contributed by atoms with Crippen LogP contribution in [0.1, 0.15) is 5.56 Å². The molecule has 0 aliphatic rings. The fourth-order valence-corrected chi connectivity index (χ4v) is 1.93. The second-order valence-electron chi connectivity index (χ2n) is 4.78. The lowest BCUT2D eigenvalue weighted by atomic mass is 10.0. The van der Waals surface area contributed by atoms with E-state index in [1.807, 2.05) is 31.1 Å². The zero-order valence-corrected chi connectivity index (χ0v) is 11.2. The van der Waals surface area contributed by atoms with Crippen molar-refractivity contribution in [1.29, 1.82) is 0 Å². The first-order valence-electron chi connectivity index (χ1n) is 6.03. The molecule has 0 atom stereocenters. The third-order valence-electron chi connectivity index (χ3n) is 3.00. The monoisotopic (exact) mass is 280 g/mol. The maximum atomic E-state index is 12.8. The Morgan fingerprint density at radius 1 is 0.900 bits per heavy atom. The molecule has 0 spiro atoms. The summed E-state index contributed by atoms with van der Waals surface area (Å²) in [5, 5.41) is 0. The van der Waals surface area contributed by atoms with Crippen molar-refractivity contribution in [2.24, 2.45) is 0 Å². The lowest BCUT2D eigenvalue weighted by Crippen LogP contribution is -2.08. The SMILES string of the molecule is CN(C)c1ccc(-c2cc(N)cc(C(F)(F)F)c2)cc1. The lowest BCUT2D eigenvalue weighted by Gasteiger charge is -2.14. The van der Waals surface area contributed by atoms with Gasteiger partial charge in [-0.2, -0.15) is 13.2 Å². The van der Waals surface area contributed by atoms with Crippen molar-refractivity contribution < 1.29 is 13.2 Å². The molecule has 20 heavy (non-hydrogen) atoms. The molecule has 0 radical (unpaired) electrons. The van der Waals surface area contributed by atoms with E-state index in [9.17, 15) is 13.2 Å². The molecule has 0 heterocycles. The summed E-state index contributed by atoms with van der Waals surface area (Å²) in [5.41, 5.74) is 7.08. The molecule has 2 aromatic carbocycles. The molecule has 5 heteroatoms. The van der Waals surface area contributed by atoms with Gasteiger partial charge in [-0.25, -0.2) is 0 Å². The molecule has 0 bridgehead atoms. The fourth-order valence-electron chi connectivity index (χ4n) is 1.93. The number of hydrogen-bond donors (Lipinski definition) is 1. The maximum Gasteiger partial charge on any atom is 0.416 e. The van der Waals surface area contributed by atoms with Crippen molar-refractivity contribution in [3.05, 3.63) is 48.0 Å². The van der Waals surface area contributed by atoms with Gasteiger partial charge in [-0.1, -0.05) is 12.1 Å². The maximum absolute atomic E-state index is 12.8. The molecule has 106 valence electrons. The lowest BCUT2D eigenvalue weighted by molar-refractivity contribution is -0.137. The molecular weight excluding hydrogens is 265 g/mol. The molecule has 0 amide bonds. The van der Waals surface area contributed by atoms with Crippen LogP contribution in [-0.2, 0) is 6.18 Å². The number of anilines is 2. The van der Waals surface area contributed by atoms with E-state index < -0.39 is 11.7 Å². The predicted octanol–water partition coefficient (Wildman–Crippen LogP) is 4.02. The van der Waals surface area contributed by atoms with Crippen LogP contribution in [0, 0.1) is 0 Å². The summed E-state index contributed by atoms with van der Waals surface area (Å²) in [6.07, 6.45) is -4.40. The van der Waals surface area contributed by atoms with E-state index in [1.165, 1.54) is 0 Å². The summed E-state index contributed by atoms with van der Waals surface area (Å²) in [5.74, 6) is 0. The second kappa shape index (κ2) is 5.07. The molecule has 0 saturated carbocycles. The van der Waals surface area contributed by atoms with Crippen molar-refractivity contribution in [2.75, 3.05) is 24.7 Å². The Hall–Kier alpha value is -2.17. The van der Waals surface area contributed by atoms with Gasteiger partial charge in [-0.3, -0.25) is 0 Å². The van der Waals surface area contributed by atoms with Gasteiger partial charge in [0.2, 0.25) is 0 Å². The topological polar surface area (TPSA) is 29.3 Å². The quantitative estimate of drug-likeness (QED) is 0.842. The van der Waals surface area contributed by atoms with Crippen molar-refractivity contribution in [1.82, 2.24) is 0 Å². The molecule has 0 saturated heterocycles. The second-order valence-corrected chi connectivity index (χ2v) is 4.78. The van der Waals surface area contributed by atoms with Crippen molar-refractivity contribution in [3.63, 3.8) is 0 Å². The van der Waals surface area contributed by atoms with E-state index in [4.69, 9.17) is 5.73 Å². The fraction of sp³-hybridized carbons (Fsp3) is 0.200. The van der Waals surface area contributed by atoms with Crippen molar-refractivity contribution >= 4 is 11.4 Å². The van der Waals surface area contributed by atoms with E-state index >= 15 is 0 Å². The van der Waals surface area contributed by atoms with Gasteiger partial charge in [0, 0.05) is 25.5 Å². The number of nitrogens with two attached hydrogens (primary N) is 1. The zero-order valence-electron chi connectivity index (χ0n) is 11.2. The van der Waals surface area contributed by atoms with Crippen LogP contribution in [0.3, 0.4) is 0 Å². The Bertz CT molecular complexity index is 602. The Morgan fingerprint density at radius 2 is 1.50 bits per heavy atom. The van der Waals surface area contributed by atoms with Crippen molar-refractivity contribution in [3.8, 4) is 11.1 Å². The van der Waals surface area contributed by atoms with E-state index in [0.29, 0.717) is 11.1 Å². The number of nitrogen functional groups attached to an aromatic ring is 1. The molecule has 2 nitrogen and oxygen atoms in total. The van der Waals surface area contributed by atoms with E-state index in [1.54, 1.807) is 18.2 Å². The molecule has 2 aromatic rings. The molecular formula is C15H15F3N2. The van der Waals surface area contributed by atoms with Crippen LogP contribution in [0.4, 0.5) is 24.5 Å². The van der Waals surface area contributed by atoms with E-state index in [0.717, 1.165) is 17.8 Å². The average Bonchev–Trinajstić information content (AvgIpc) is 2.37. The van der Waals surface area contributed by atoms with Crippen LogP contribution in [0.5, 0.6) is 0 Å². The van der Waals surface area contributed by atoms with Crippen LogP contribution >= 0.6 is 0 Å². The Morgan fingerprint density at radius 3 is 2.00 bits per heavy atom. The van der Waals surface area contributed by atoms with Gasteiger partial charge >= 0.3 is 6.18 Å². The molecule has 0 fully saturated rings. The van der Waals surface area contributed by atoms with Crippen molar-refractivity contribution in [2.45, 2.75) is 6.18 Å². The molecule has 0 aliphatic heterocycles. The minimum Gasteiger partial charge on any atom is -0.399 e. The molecule has 2 N–H and O–H groups in total. The highest BCUT2D eigenvalue weighted by molar-refractivity contribution is 5.70. The zero-order chi connectivity index (χ0) is 14.9. The number of hydrogen-bond acceptors (Lipinski definition) is 2. The molecule has 0 aliphatic carbocycles. The summed E-state index contributed by atoms with van der Waals surface area (Å²) in [6, 6.07) is 10.9.